The van der Waals surface area contributed by atoms with E-state index in [4.69, 9.17) is 15.2 Å². The molecule has 5 heteroatoms. The quantitative estimate of drug-likeness (QED) is 0.866. The first-order valence-electron chi connectivity index (χ1n) is 8.00. The van der Waals surface area contributed by atoms with E-state index >= 15 is 0 Å². The van der Waals surface area contributed by atoms with Crippen molar-refractivity contribution in [3.63, 3.8) is 0 Å². The van der Waals surface area contributed by atoms with Gasteiger partial charge in [-0.15, -0.1) is 0 Å². The van der Waals surface area contributed by atoms with Gasteiger partial charge < -0.3 is 15.2 Å². The average molecular weight is 335 g/mol. The number of hydrogen-bond acceptors (Lipinski definition) is 5. The van der Waals surface area contributed by atoms with Crippen molar-refractivity contribution >= 4 is 23.2 Å². The van der Waals surface area contributed by atoms with Gasteiger partial charge in [-0.2, -0.15) is 10.2 Å². The molecule has 0 atom stereocenters. The molecule has 0 aromatic heterocycles. The number of benzene rings is 2. The Morgan fingerprint density at radius 1 is 0.960 bits per heavy atom. The van der Waals surface area contributed by atoms with Crippen molar-refractivity contribution in [2.75, 3.05) is 20.0 Å². The number of ether oxygens (including phenoxy) is 2. The maximum Gasteiger partial charge on any atom is 0.161 e. The topological polar surface area (TPSA) is 69.2 Å². The van der Waals surface area contributed by atoms with E-state index in [2.05, 4.69) is 10.2 Å². The Labute approximate surface area is 147 Å². The number of anilines is 1. The van der Waals surface area contributed by atoms with Crippen molar-refractivity contribution in [1.82, 2.24) is 0 Å². The molecule has 1 aliphatic rings. The van der Waals surface area contributed by atoms with Crippen LogP contribution in [0.4, 0.5) is 5.69 Å². The maximum atomic E-state index is 5.73. The van der Waals surface area contributed by atoms with E-state index in [1.54, 1.807) is 14.2 Å². The van der Waals surface area contributed by atoms with Crippen LogP contribution in [-0.4, -0.2) is 25.6 Å². The number of rotatable bonds is 4. The molecule has 0 saturated heterocycles. The lowest BCUT2D eigenvalue weighted by molar-refractivity contribution is 0.354. The Balaban J connectivity index is 2.03. The lowest BCUT2D eigenvalue weighted by Gasteiger charge is -2.13. The van der Waals surface area contributed by atoms with Crippen LogP contribution in [0.2, 0.25) is 0 Å². The van der Waals surface area contributed by atoms with Crippen LogP contribution in [0.15, 0.2) is 52.7 Å². The molecule has 0 unspecified atom stereocenters. The van der Waals surface area contributed by atoms with E-state index in [1.807, 2.05) is 55.5 Å². The van der Waals surface area contributed by atoms with Gasteiger partial charge in [-0.05, 0) is 48.4 Å². The number of methoxy groups -OCH3 is 2. The van der Waals surface area contributed by atoms with Crippen LogP contribution in [0.1, 0.15) is 23.6 Å². The smallest absolute Gasteiger partial charge is 0.161 e. The summed E-state index contributed by atoms with van der Waals surface area (Å²) in [6.07, 6.45) is 4.67. The van der Waals surface area contributed by atoms with Gasteiger partial charge in [0.25, 0.3) is 0 Å². The predicted octanol–water partition coefficient (Wildman–Crippen LogP) is 3.72. The van der Waals surface area contributed by atoms with E-state index in [0.29, 0.717) is 11.5 Å². The Morgan fingerprint density at radius 3 is 2.32 bits per heavy atom. The SMILES string of the molecule is COc1cc2c(cc1OC)C(/C=C/c1ccc(N)cc1)=NN=C(C)C2. The van der Waals surface area contributed by atoms with E-state index in [0.717, 1.165) is 40.2 Å². The second kappa shape index (κ2) is 7.21. The van der Waals surface area contributed by atoms with Gasteiger partial charge in [0, 0.05) is 23.4 Å². The van der Waals surface area contributed by atoms with Crippen LogP contribution in [0, 0.1) is 0 Å². The normalized spacial score (nSPS) is 13.7. The van der Waals surface area contributed by atoms with Gasteiger partial charge in [-0.3, -0.25) is 0 Å². The number of nitrogens with zero attached hydrogens (tertiary/aromatic N) is 2. The minimum atomic E-state index is 0.675. The van der Waals surface area contributed by atoms with Crippen molar-refractivity contribution in [1.29, 1.82) is 0 Å². The number of nitrogens with two attached hydrogens (primary N) is 1. The molecule has 0 radical (unpaired) electrons. The molecule has 3 rings (SSSR count). The van der Waals surface area contributed by atoms with Crippen molar-refractivity contribution in [3.8, 4) is 11.5 Å². The summed E-state index contributed by atoms with van der Waals surface area (Å²) in [5.41, 5.74) is 11.3. The molecule has 0 spiro atoms. The molecule has 0 fully saturated rings. The lowest BCUT2D eigenvalue weighted by Crippen LogP contribution is -2.05. The Kier molecular flexibility index (Phi) is 4.84. The molecule has 0 bridgehead atoms. The van der Waals surface area contributed by atoms with Crippen LogP contribution < -0.4 is 15.2 Å². The molecule has 1 heterocycles. The summed E-state index contributed by atoms with van der Waals surface area (Å²) in [6.45, 7) is 1.97. The fraction of sp³-hybridized carbons (Fsp3) is 0.200. The number of allylic oxidation sites excluding steroid dienone is 1. The monoisotopic (exact) mass is 335 g/mol. The second-order valence-corrected chi connectivity index (χ2v) is 5.86. The van der Waals surface area contributed by atoms with Gasteiger partial charge >= 0.3 is 0 Å². The highest BCUT2D eigenvalue weighted by Crippen LogP contribution is 2.32. The molecule has 128 valence electrons. The van der Waals surface area contributed by atoms with Gasteiger partial charge in [-0.1, -0.05) is 18.2 Å². The summed E-state index contributed by atoms with van der Waals surface area (Å²) in [4.78, 5) is 0. The van der Waals surface area contributed by atoms with Gasteiger partial charge in [-0.25, -0.2) is 0 Å². The molecule has 0 saturated carbocycles. The molecule has 2 aromatic carbocycles. The first-order valence-corrected chi connectivity index (χ1v) is 8.00. The lowest BCUT2D eigenvalue weighted by atomic mass is 9.97. The van der Waals surface area contributed by atoms with Crippen molar-refractivity contribution in [2.24, 2.45) is 10.2 Å². The third-order valence-electron chi connectivity index (χ3n) is 4.03. The van der Waals surface area contributed by atoms with Crippen molar-refractivity contribution in [2.45, 2.75) is 13.3 Å². The Morgan fingerprint density at radius 2 is 1.64 bits per heavy atom. The summed E-state index contributed by atoms with van der Waals surface area (Å²) in [5, 5.41) is 8.71. The van der Waals surface area contributed by atoms with Crippen LogP contribution in [0.25, 0.3) is 6.08 Å². The van der Waals surface area contributed by atoms with E-state index in [-0.39, 0.29) is 0 Å². The third kappa shape index (κ3) is 3.71. The summed E-state index contributed by atoms with van der Waals surface area (Å²) >= 11 is 0. The number of nitrogen functional groups attached to an aromatic ring is 1. The molecule has 0 aliphatic carbocycles. The fourth-order valence-corrected chi connectivity index (χ4v) is 2.72. The van der Waals surface area contributed by atoms with Crippen LogP contribution in [-0.2, 0) is 6.42 Å². The third-order valence-corrected chi connectivity index (χ3v) is 4.03. The molecule has 25 heavy (non-hydrogen) atoms. The first kappa shape index (κ1) is 16.8. The fourth-order valence-electron chi connectivity index (χ4n) is 2.72. The molecule has 1 aliphatic heterocycles. The summed E-state index contributed by atoms with van der Waals surface area (Å²) < 4.78 is 10.9. The van der Waals surface area contributed by atoms with Gasteiger partial charge in [0.15, 0.2) is 11.5 Å². The second-order valence-electron chi connectivity index (χ2n) is 5.86. The standard InChI is InChI=1S/C20H21N3O2/c1-13-10-15-11-19(24-2)20(25-3)12-17(15)18(23-22-13)9-6-14-4-7-16(21)8-5-14/h4-9,11-12H,10,21H2,1-3H3/b9-6+. The van der Waals surface area contributed by atoms with E-state index in [9.17, 15) is 0 Å². The Hall–Kier alpha value is -3.08. The molecule has 5 nitrogen and oxygen atoms in total. The highest BCUT2D eigenvalue weighted by Gasteiger charge is 2.17. The summed E-state index contributed by atoms with van der Waals surface area (Å²) in [7, 11) is 3.27. The maximum absolute atomic E-state index is 5.73. The molecule has 0 amide bonds. The first-order chi connectivity index (χ1) is 12.1. The number of hydrogen-bond donors (Lipinski definition) is 1. The van der Waals surface area contributed by atoms with E-state index < -0.39 is 0 Å². The van der Waals surface area contributed by atoms with Crippen molar-refractivity contribution in [3.05, 3.63) is 59.2 Å². The highest BCUT2D eigenvalue weighted by atomic mass is 16.5. The molecule has 2 N–H and O–H groups in total. The van der Waals surface area contributed by atoms with Crippen LogP contribution in [0.3, 0.4) is 0 Å². The zero-order chi connectivity index (χ0) is 17.8. The van der Waals surface area contributed by atoms with Gasteiger partial charge in [0.05, 0.1) is 19.9 Å². The van der Waals surface area contributed by atoms with E-state index in [1.165, 1.54) is 0 Å². The zero-order valence-electron chi connectivity index (χ0n) is 14.6. The van der Waals surface area contributed by atoms with Crippen molar-refractivity contribution < 1.29 is 9.47 Å². The Bertz CT molecular complexity index is 865. The largest absolute Gasteiger partial charge is 0.493 e. The number of fused-ring (bicyclic) bond motifs is 1. The molecular weight excluding hydrogens is 314 g/mol. The summed E-state index contributed by atoms with van der Waals surface area (Å²) in [6, 6.07) is 11.6. The molecule has 2 aromatic rings. The molecular formula is C20H21N3O2. The van der Waals surface area contributed by atoms with Gasteiger partial charge in [0.1, 0.15) is 0 Å². The van der Waals surface area contributed by atoms with Gasteiger partial charge in [0.2, 0.25) is 0 Å². The summed E-state index contributed by atoms with van der Waals surface area (Å²) in [5.74, 6) is 1.38. The minimum absolute atomic E-state index is 0.675. The van der Waals surface area contributed by atoms with Crippen LogP contribution >= 0.6 is 0 Å². The average Bonchev–Trinajstić information content (AvgIpc) is 2.78. The van der Waals surface area contributed by atoms with Crippen LogP contribution in [0.5, 0.6) is 11.5 Å². The highest BCUT2D eigenvalue weighted by molar-refractivity contribution is 6.13. The minimum Gasteiger partial charge on any atom is -0.493 e. The predicted molar refractivity (Wildman–Crippen MR) is 103 cm³/mol. The zero-order valence-corrected chi connectivity index (χ0v) is 14.6.